The lowest BCUT2D eigenvalue weighted by molar-refractivity contribution is -0.143. The average molecular weight is 277 g/mol. The van der Waals surface area contributed by atoms with E-state index in [1.807, 2.05) is 12.1 Å². The van der Waals surface area contributed by atoms with Crippen LogP contribution in [0.3, 0.4) is 0 Å². The predicted octanol–water partition coefficient (Wildman–Crippen LogP) is 2.93. The number of carboxylic acids is 1. The fraction of sp³-hybridized carbons (Fsp3) is 0.562. The number of benzene rings is 1. The molecule has 4 nitrogen and oxygen atoms in total. The predicted molar refractivity (Wildman–Crippen MR) is 77.6 cm³/mol. The fourth-order valence-corrected chi connectivity index (χ4v) is 2.84. The Labute approximate surface area is 119 Å². The van der Waals surface area contributed by atoms with Crippen LogP contribution in [0.25, 0.3) is 0 Å². The fourth-order valence-electron chi connectivity index (χ4n) is 2.84. The lowest BCUT2D eigenvalue weighted by Gasteiger charge is -2.27. The van der Waals surface area contributed by atoms with Crippen LogP contribution in [-0.4, -0.2) is 22.7 Å². The normalized spacial score (nSPS) is 24.2. The van der Waals surface area contributed by atoms with Crippen molar-refractivity contribution in [1.82, 2.24) is 5.32 Å². The third-order valence-corrected chi connectivity index (χ3v) is 4.30. The molecule has 1 unspecified atom stereocenters. The highest BCUT2D eigenvalue weighted by Gasteiger charge is 2.25. The van der Waals surface area contributed by atoms with E-state index >= 15 is 0 Å². The number of hydrogen-bond donors (Lipinski definition) is 3. The minimum atomic E-state index is -0.645. The second-order valence-electron chi connectivity index (χ2n) is 5.78. The topological polar surface area (TPSA) is 69.6 Å². The van der Waals surface area contributed by atoms with Gasteiger partial charge in [-0.2, -0.15) is 0 Å². The summed E-state index contributed by atoms with van der Waals surface area (Å²) in [5.74, 6) is 0.0766. The molecule has 20 heavy (non-hydrogen) atoms. The van der Waals surface area contributed by atoms with Gasteiger partial charge in [-0.25, -0.2) is 0 Å². The number of phenolic OH excluding ortho intramolecular Hbond substituents is 1. The third kappa shape index (κ3) is 3.97. The molecule has 0 amide bonds. The first-order valence-corrected chi connectivity index (χ1v) is 7.31. The van der Waals surface area contributed by atoms with Gasteiger partial charge in [0.15, 0.2) is 0 Å². The number of nitrogens with one attached hydrogen (secondary N) is 1. The van der Waals surface area contributed by atoms with Gasteiger partial charge in [-0.15, -0.1) is 0 Å². The molecule has 4 heteroatoms. The summed E-state index contributed by atoms with van der Waals surface area (Å²) in [6, 6.07) is 7.49. The Morgan fingerprint density at radius 1 is 1.25 bits per heavy atom. The first-order valence-electron chi connectivity index (χ1n) is 7.31. The van der Waals surface area contributed by atoms with Crippen molar-refractivity contribution in [2.45, 2.75) is 38.6 Å². The number of carboxylic acid groups (broad SMARTS) is 1. The van der Waals surface area contributed by atoms with Crippen molar-refractivity contribution in [2.24, 2.45) is 11.8 Å². The Bertz CT molecular complexity index is 436. The maximum atomic E-state index is 10.9. The summed E-state index contributed by atoms with van der Waals surface area (Å²) in [4.78, 5) is 10.9. The minimum absolute atomic E-state index is 0.138. The molecule has 1 saturated carbocycles. The summed E-state index contributed by atoms with van der Waals surface area (Å²) < 4.78 is 0. The van der Waals surface area contributed by atoms with Crippen LogP contribution in [0, 0.1) is 11.8 Å². The van der Waals surface area contributed by atoms with Crippen LogP contribution in [0.4, 0.5) is 0 Å². The zero-order valence-corrected chi connectivity index (χ0v) is 11.9. The van der Waals surface area contributed by atoms with Gasteiger partial charge in [-0.05, 0) is 62.8 Å². The highest BCUT2D eigenvalue weighted by atomic mass is 16.4. The molecule has 1 aromatic carbocycles. The molecule has 1 atom stereocenters. The van der Waals surface area contributed by atoms with E-state index < -0.39 is 5.97 Å². The second kappa shape index (κ2) is 6.75. The number of hydrogen-bond acceptors (Lipinski definition) is 3. The summed E-state index contributed by atoms with van der Waals surface area (Å²) in [6.45, 7) is 3.03. The van der Waals surface area contributed by atoms with E-state index in [0.29, 0.717) is 5.92 Å². The average Bonchev–Trinajstić information content (AvgIpc) is 2.46. The molecule has 0 heterocycles. The Kier molecular flexibility index (Phi) is 5.01. The maximum absolute atomic E-state index is 10.9. The summed E-state index contributed by atoms with van der Waals surface area (Å²) in [7, 11) is 0. The van der Waals surface area contributed by atoms with E-state index in [2.05, 4.69) is 12.2 Å². The van der Waals surface area contributed by atoms with Gasteiger partial charge in [0.2, 0.25) is 0 Å². The molecule has 0 radical (unpaired) electrons. The van der Waals surface area contributed by atoms with Gasteiger partial charge in [0.1, 0.15) is 5.75 Å². The molecular weight excluding hydrogens is 254 g/mol. The van der Waals surface area contributed by atoms with Gasteiger partial charge in [0.25, 0.3) is 0 Å². The Hall–Kier alpha value is -1.55. The highest BCUT2D eigenvalue weighted by Crippen LogP contribution is 2.29. The van der Waals surface area contributed by atoms with Crippen LogP contribution >= 0.6 is 0 Å². The van der Waals surface area contributed by atoms with Gasteiger partial charge in [-0.1, -0.05) is 12.1 Å². The van der Waals surface area contributed by atoms with Crippen LogP contribution in [0.5, 0.6) is 5.75 Å². The monoisotopic (exact) mass is 277 g/mol. The molecule has 1 aliphatic rings. The standard InChI is InChI=1S/C16H23NO3/c1-11(13-6-8-15(18)9-7-13)17-10-12-2-4-14(5-3-12)16(19)20/h6-9,11-12,14,17-18H,2-5,10H2,1H3,(H,19,20). The molecule has 0 aliphatic heterocycles. The van der Waals surface area contributed by atoms with E-state index in [4.69, 9.17) is 5.11 Å². The van der Waals surface area contributed by atoms with Crippen molar-refractivity contribution < 1.29 is 15.0 Å². The minimum Gasteiger partial charge on any atom is -0.508 e. The van der Waals surface area contributed by atoms with Crippen molar-refractivity contribution in [1.29, 1.82) is 0 Å². The summed E-state index contributed by atoms with van der Waals surface area (Å²) >= 11 is 0. The van der Waals surface area contributed by atoms with Crippen molar-refractivity contribution in [3.8, 4) is 5.75 Å². The lowest BCUT2D eigenvalue weighted by atomic mass is 9.82. The third-order valence-electron chi connectivity index (χ3n) is 4.30. The number of rotatable bonds is 5. The van der Waals surface area contributed by atoms with Gasteiger partial charge >= 0.3 is 5.97 Å². The van der Waals surface area contributed by atoms with Crippen molar-refractivity contribution in [3.63, 3.8) is 0 Å². The molecule has 0 aromatic heterocycles. The van der Waals surface area contributed by atoms with Crippen LogP contribution in [0.1, 0.15) is 44.2 Å². The molecule has 1 fully saturated rings. The molecule has 0 spiro atoms. The first kappa shape index (κ1) is 14.9. The molecule has 0 saturated heterocycles. The molecular formula is C16H23NO3. The number of carbonyl (C=O) groups is 1. The Balaban J connectivity index is 1.75. The quantitative estimate of drug-likeness (QED) is 0.774. The molecule has 110 valence electrons. The summed E-state index contributed by atoms with van der Waals surface area (Å²) in [6.07, 6.45) is 3.59. The summed E-state index contributed by atoms with van der Waals surface area (Å²) in [5.41, 5.74) is 1.15. The van der Waals surface area contributed by atoms with Gasteiger partial charge in [-0.3, -0.25) is 4.79 Å². The Morgan fingerprint density at radius 3 is 2.40 bits per heavy atom. The van der Waals surface area contributed by atoms with E-state index in [0.717, 1.165) is 37.8 Å². The largest absolute Gasteiger partial charge is 0.508 e. The lowest BCUT2D eigenvalue weighted by Crippen LogP contribution is -2.30. The van der Waals surface area contributed by atoms with Crippen LogP contribution < -0.4 is 5.32 Å². The second-order valence-corrected chi connectivity index (χ2v) is 5.78. The number of aromatic hydroxyl groups is 1. The highest BCUT2D eigenvalue weighted by molar-refractivity contribution is 5.69. The molecule has 1 aromatic rings. The van der Waals surface area contributed by atoms with Gasteiger partial charge in [0, 0.05) is 6.04 Å². The molecule has 2 rings (SSSR count). The number of phenols is 1. The molecule has 3 N–H and O–H groups in total. The zero-order chi connectivity index (χ0) is 14.5. The van der Waals surface area contributed by atoms with Gasteiger partial charge in [0.05, 0.1) is 5.92 Å². The molecule has 1 aliphatic carbocycles. The smallest absolute Gasteiger partial charge is 0.306 e. The van der Waals surface area contributed by atoms with E-state index in [1.54, 1.807) is 12.1 Å². The Morgan fingerprint density at radius 2 is 1.85 bits per heavy atom. The van der Waals surface area contributed by atoms with Crippen LogP contribution in [0.2, 0.25) is 0 Å². The van der Waals surface area contributed by atoms with E-state index in [9.17, 15) is 9.90 Å². The van der Waals surface area contributed by atoms with Crippen LogP contribution in [0.15, 0.2) is 24.3 Å². The summed E-state index contributed by atoms with van der Waals surface area (Å²) in [5, 5.41) is 21.8. The van der Waals surface area contributed by atoms with E-state index in [-0.39, 0.29) is 17.7 Å². The van der Waals surface area contributed by atoms with E-state index in [1.165, 1.54) is 0 Å². The molecule has 0 bridgehead atoms. The van der Waals surface area contributed by atoms with Crippen molar-refractivity contribution in [2.75, 3.05) is 6.54 Å². The maximum Gasteiger partial charge on any atom is 0.306 e. The zero-order valence-electron chi connectivity index (χ0n) is 11.9. The first-order chi connectivity index (χ1) is 9.56. The van der Waals surface area contributed by atoms with Crippen LogP contribution in [-0.2, 0) is 4.79 Å². The van der Waals surface area contributed by atoms with Crippen molar-refractivity contribution in [3.05, 3.63) is 29.8 Å². The number of aliphatic carboxylic acids is 1. The van der Waals surface area contributed by atoms with Gasteiger partial charge < -0.3 is 15.5 Å². The SMILES string of the molecule is CC(NCC1CCC(C(=O)O)CC1)c1ccc(O)cc1. The van der Waals surface area contributed by atoms with Crippen molar-refractivity contribution >= 4 is 5.97 Å².